The molecular formula is C26H24N6O. The first-order valence-electron chi connectivity index (χ1n) is 11.0. The molecule has 2 aromatic carbocycles. The van der Waals surface area contributed by atoms with Gasteiger partial charge in [-0.2, -0.15) is 5.10 Å². The van der Waals surface area contributed by atoms with Crippen molar-refractivity contribution in [3.63, 3.8) is 0 Å². The summed E-state index contributed by atoms with van der Waals surface area (Å²) in [5, 5.41) is 8.47. The number of rotatable bonds is 7. The number of nitrogens with zero attached hydrogens (tertiary/aromatic N) is 4. The predicted molar refractivity (Wildman–Crippen MR) is 128 cm³/mol. The molecule has 0 aliphatic carbocycles. The van der Waals surface area contributed by atoms with Gasteiger partial charge in [0, 0.05) is 29.9 Å². The van der Waals surface area contributed by atoms with Gasteiger partial charge in [0.2, 0.25) is 5.91 Å². The fourth-order valence-corrected chi connectivity index (χ4v) is 4.02. The maximum absolute atomic E-state index is 13.0. The highest BCUT2D eigenvalue weighted by Crippen LogP contribution is 2.25. The third-order valence-corrected chi connectivity index (χ3v) is 5.74. The Morgan fingerprint density at radius 2 is 1.88 bits per heavy atom. The summed E-state index contributed by atoms with van der Waals surface area (Å²) in [7, 11) is 0. The zero-order valence-electron chi connectivity index (χ0n) is 18.3. The van der Waals surface area contributed by atoms with Crippen LogP contribution in [0.1, 0.15) is 24.9 Å². The largest absolute Gasteiger partial charge is 0.350 e. The summed E-state index contributed by atoms with van der Waals surface area (Å²) < 4.78 is 1.71. The summed E-state index contributed by atoms with van der Waals surface area (Å²) >= 11 is 0. The van der Waals surface area contributed by atoms with E-state index in [1.165, 1.54) is 6.33 Å². The van der Waals surface area contributed by atoms with E-state index in [1.807, 2.05) is 55.7 Å². The maximum atomic E-state index is 13.0. The first-order chi connectivity index (χ1) is 16.2. The number of benzene rings is 2. The Bertz CT molecular complexity index is 1390. The average molecular weight is 437 g/mol. The topological polar surface area (TPSA) is 88.5 Å². The molecule has 0 aliphatic heterocycles. The van der Waals surface area contributed by atoms with Crippen molar-refractivity contribution in [3.05, 3.63) is 91.1 Å². The van der Waals surface area contributed by atoms with E-state index in [0.29, 0.717) is 13.0 Å². The van der Waals surface area contributed by atoms with Gasteiger partial charge in [0.25, 0.3) is 0 Å². The van der Waals surface area contributed by atoms with Crippen LogP contribution in [0, 0.1) is 0 Å². The maximum Gasteiger partial charge on any atom is 0.245 e. The van der Waals surface area contributed by atoms with Gasteiger partial charge in [-0.3, -0.25) is 9.48 Å². The Morgan fingerprint density at radius 3 is 2.73 bits per heavy atom. The molecule has 5 rings (SSSR count). The second-order valence-electron chi connectivity index (χ2n) is 7.88. The number of fused-ring (bicyclic) bond motifs is 1. The van der Waals surface area contributed by atoms with Crippen molar-refractivity contribution in [3.8, 4) is 22.4 Å². The molecule has 0 bridgehead atoms. The smallest absolute Gasteiger partial charge is 0.245 e. The predicted octanol–water partition coefficient (Wildman–Crippen LogP) is 4.76. The molecule has 1 amide bonds. The summed E-state index contributed by atoms with van der Waals surface area (Å²) in [5.41, 5.74) is 5.76. The number of carbonyl (C=O) groups is 1. The lowest BCUT2D eigenvalue weighted by atomic mass is 10.0. The van der Waals surface area contributed by atoms with Crippen LogP contribution >= 0.6 is 0 Å². The van der Waals surface area contributed by atoms with Crippen molar-refractivity contribution in [1.29, 1.82) is 0 Å². The van der Waals surface area contributed by atoms with Gasteiger partial charge in [-0.05, 0) is 35.2 Å². The van der Waals surface area contributed by atoms with Gasteiger partial charge < -0.3 is 10.3 Å². The Kier molecular flexibility index (Phi) is 5.68. The Hall–Kier alpha value is -4.26. The average Bonchev–Trinajstić information content (AvgIpc) is 3.54. The van der Waals surface area contributed by atoms with Crippen LogP contribution < -0.4 is 5.32 Å². The van der Waals surface area contributed by atoms with Crippen LogP contribution in [-0.4, -0.2) is 30.6 Å². The van der Waals surface area contributed by atoms with Crippen molar-refractivity contribution in [2.45, 2.75) is 25.9 Å². The quantitative estimate of drug-likeness (QED) is 0.385. The lowest BCUT2D eigenvalue weighted by Gasteiger charge is -2.16. The van der Waals surface area contributed by atoms with Gasteiger partial charge in [0.15, 0.2) is 0 Å². The molecule has 0 spiro atoms. The van der Waals surface area contributed by atoms with Gasteiger partial charge in [0.05, 0.1) is 11.9 Å². The van der Waals surface area contributed by atoms with E-state index in [1.54, 1.807) is 10.9 Å². The molecule has 7 nitrogen and oxygen atoms in total. The fourth-order valence-electron chi connectivity index (χ4n) is 4.02. The summed E-state index contributed by atoms with van der Waals surface area (Å²) in [5.74, 6) is -0.0632. The first-order valence-corrected chi connectivity index (χ1v) is 11.0. The SMILES string of the molecule is CCC(C(=O)NCc1cccc(-c2ccccc2)c1)n1cc(-c2ncnc3[nH]ccc23)cn1. The fraction of sp³-hybridized carbons (Fsp3) is 0.154. The van der Waals surface area contributed by atoms with Gasteiger partial charge in [-0.25, -0.2) is 9.97 Å². The van der Waals surface area contributed by atoms with E-state index in [-0.39, 0.29) is 5.91 Å². The van der Waals surface area contributed by atoms with Crippen molar-refractivity contribution in [2.75, 3.05) is 0 Å². The molecule has 0 radical (unpaired) electrons. The van der Waals surface area contributed by atoms with E-state index in [9.17, 15) is 4.79 Å². The number of hydrogen-bond donors (Lipinski definition) is 2. The zero-order chi connectivity index (χ0) is 22.6. The molecule has 2 N–H and O–H groups in total. The highest BCUT2D eigenvalue weighted by molar-refractivity contribution is 5.90. The van der Waals surface area contributed by atoms with E-state index in [4.69, 9.17) is 0 Å². The molecule has 0 saturated carbocycles. The van der Waals surface area contributed by atoms with Crippen LogP contribution in [0.5, 0.6) is 0 Å². The van der Waals surface area contributed by atoms with E-state index in [0.717, 1.165) is 39.0 Å². The number of aromatic amines is 1. The molecule has 0 aliphatic rings. The van der Waals surface area contributed by atoms with Gasteiger partial charge >= 0.3 is 0 Å². The molecule has 5 aromatic rings. The van der Waals surface area contributed by atoms with Gasteiger partial charge in [-0.15, -0.1) is 0 Å². The van der Waals surface area contributed by atoms with E-state index < -0.39 is 6.04 Å². The van der Waals surface area contributed by atoms with E-state index >= 15 is 0 Å². The van der Waals surface area contributed by atoms with Crippen molar-refractivity contribution in [2.24, 2.45) is 0 Å². The molecule has 0 fully saturated rings. The highest BCUT2D eigenvalue weighted by Gasteiger charge is 2.20. The second kappa shape index (κ2) is 9.08. The van der Waals surface area contributed by atoms with Gasteiger partial charge in [0.1, 0.15) is 18.0 Å². The molecule has 0 saturated heterocycles. The minimum Gasteiger partial charge on any atom is -0.350 e. The molecule has 3 aromatic heterocycles. The zero-order valence-corrected chi connectivity index (χ0v) is 18.3. The third kappa shape index (κ3) is 4.25. The monoisotopic (exact) mass is 436 g/mol. The second-order valence-corrected chi connectivity index (χ2v) is 7.88. The van der Waals surface area contributed by atoms with Crippen molar-refractivity contribution >= 4 is 16.9 Å². The van der Waals surface area contributed by atoms with Crippen LogP contribution in [0.15, 0.2) is 85.6 Å². The molecule has 1 atom stereocenters. The molecule has 7 heteroatoms. The Balaban J connectivity index is 1.30. The van der Waals surface area contributed by atoms with Crippen LogP contribution in [0.3, 0.4) is 0 Å². The minimum absolute atomic E-state index is 0.0632. The standard InChI is InChI=1S/C26H24N6O/c1-2-23(32-16-21(15-31-32)24-22-11-12-27-25(22)30-17-29-24)26(33)28-14-18-7-6-10-20(13-18)19-8-4-3-5-9-19/h3-13,15-17,23H,2,14H2,1H3,(H,28,33)(H,27,29,30). The van der Waals surface area contributed by atoms with Gasteiger partial charge in [-0.1, -0.05) is 55.5 Å². The van der Waals surface area contributed by atoms with Crippen LogP contribution in [0.25, 0.3) is 33.4 Å². The normalized spacial score (nSPS) is 12.0. The number of H-pyrrole nitrogens is 1. The molecule has 1 unspecified atom stereocenters. The molecule has 164 valence electrons. The first kappa shape index (κ1) is 20.6. The molecular weight excluding hydrogens is 412 g/mol. The lowest BCUT2D eigenvalue weighted by molar-refractivity contribution is -0.124. The molecule has 3 heterocycles. The van der Waals surface area contributed by atoms with Crippen molar-refractivity contribution in [1.82, 2.24) is 30.0 Å². The van der Waals surface area contributed by atoms with Crippen LogP contribution in [-0.2, 0) is 11.3 Å². The van der Waals surface area contributed by atoms with Crippen molar-refractivity contribution < 1.29 is 4.79 Å². The Morgan fingerprint density at radius 1 is 1.03 bits per heavy atom. The number of aromatic nitrogens is 5. The number of amides is 1. The molecule has 33 heavy (non-hydrogen) atoms. The number of carbonyl (C=O) groups excluding carboxylic acids is 1. The summed E-state index contributed by atoms with van der Waals surface area (Å²) in [6, 6.07) is 20.0. The number of hydrogen-bond acceptors (Lipinski definition) is 4. The summed E-state index contributed by atoms with van der Waals surface area (Å²) in [6.07, 6.45) is 7.61. The minimum atomic E-state index is -0.403. The third-order valence-electron chi connectivity index (χ3n) is 5.74. The summed E-state index contributed by atoms with van der Waals surface area (Å²) in [6.45, 7) is 2.44. The van der Waals surface area contributed by atoms with Crippen LogP contribution in [0.2, 0.25) is 0 Å². The summed E-state index contributed by atoms with van der Waals surface area (Å²) in [4.78, 5) is 24.8. The van der Waals surface area contributed by atoms with E-state index in [2.05, 4.69) is 49.6 Å². The number of nitrogens with one attached hydrogen (secondary N) is 2. The highest BCUT2D eigenvalue weighted by atomic mass is 16.2. The lowest BCUT2D eigenvalue weighted by Crippen LogP contribution is -2.32. The Labute approximate surface area is 191 Å². The van der Waals surface area contributed by atoms with Crippen LogP contribution in [0.4, 0.5) is 0 Å².